The summed E-state index contributed by atoms with van der Waals surface area (Å²) in [5, 5.41) is 16.0. The Kier molecular flexibility index (Phi) is 6.01. The molecule has 116 valence electrons. The molecule has 0 spiro atoms. The van der Waals surface area contributed by atoms with Crippen LogP contribution in [-0.2, 0) is 4.79 Å². The molecule has 6 nitrogen and oxygen atoms in total. The van der Waals surface area contributed by atoms with E-state index in [1.807, 2.05) is 13.8 Å². The van der Waals surface area contributed by atoms with Crippen molar-refractivity contribution in [2.45, 2.75) is 32.7 Å². The van der Waals surface area contributed by atoms with Crippen molar-refractivity contribution < 1.29 is 18.5 Å². The predicted octanol–water partition coefficient (Wildman–Crippen LogP) is 2.86. The van der Waals surface area contributed by atoms with E-state index < -0.39 is 22.6 Å². The highest BCUT2D eigenvalue weighted by atomic mass is 19.3. The third-order valence-electron chi connectivity index (χ3n) is 2.60. The zero-order chi connectivity index (χ0) is 16.0. The molecule has 0 unspecified atom stereocenters. The Bertz CT molecular complexity index is 521. The number of benzene rings is 1. The van der Waals surface area contributed by atoms with Crippen molar-refractivity contribution in [3.63, 3.8) is 0 Å². The highest BCUT2D eigenvalue weighted by Gasteiger charge is 2.17. The average Bonchev–Trinajstić information content (AvgIpc) is 2.37. The van der Waals surface area contributed by atoms with Crippen LogP contribution in [0.3, 0.4) is 0 Å². The van der Waals surface area contributed by atoms with Crippen LogP contribution in [0.2, 0.25) is 0 Å². The minimum atomic E-state index is -2.84. The molecular weight excluding hydrogens is 284 g/mol. The number of amides is 1. The second-order valence-corrected chi connectivity index (χ2v) is 4.73. The third kappa shape index (κ3) is 5.33. The van der Waals surface area contributed by atoms with Crippen molar-refractivity contribution >= 4 is 17.3 Å². The van der Waals surface area contributed by atoms with Gasteiger partial charge in [0.2, 0.25) is 5.91 Å². The molecule has 0 fully saturated rings. The molecule has 0 radical (unpaired) electrons. The Morgan fingerprint density at radius 1 is 1.38 bits per heavy atom. The van der Waals surface area contributed by atoms with Gasteiger partial charge < -0.3 is 10.6 Å². The number of nitro benzene ring substituents is 1. The number of halogens is 2. The third-order valence-corrected chi connectivity index (χ3v) is 2.60. The minimum absolute atomic E-state index is 0.00787. The van der Waals surface area contributed by atoms with Gasteiger partial charge in [0.25, 0.3) is 12.1 Å². The fraction of sp³-hybridized carbons (Fsp3) is 0.462. The molecule has 1 rings (SSSR count). The van der Waals surface area contributed by atoms with Gasteiger partial charge in [-0.1, -0.05) is 0 Å². The second kappa shape index (κ2) is 7.51. The number of alkyl halides is 2. The summed E-state index contributed by atoms with van der Waals surface area (Å²) in [4.78, 5) is 21.3. The molecule has 0 aromatic heterocycles. The Labute approximate surface area is 120 Å². The monoisotopic (exact) mass is 301 g/mol. The molecule has 0 heterocycles. The number of hydrogen-bond acceptors (Lipinski definition) is 4. The molecule has 8 heteroatoms. The van der Waals surface area contributed by atoms with Crippen molar-refractivity contribution in [1.82, 2.24) is 5.32 Å². The Balaban J connectivity index is 2.70. The first-order valence-electron chi connectivity index (χ1n) is 6.41. The number of hydrogen-bond donors (Lipinski definition) is 2. The lowest BCUT2D eigenvalue weighted by Crippen LogP contribution is -2.31. The van der Waals surface area contributed by atoms with Crippen LogP contribution < -0.4 is 10.6 Å². The molecule has 2 N–H and O–H groups in total. The Morgan fingerprint density at radius 3 is 2.57 bits per heavy atom. The molecular formula is C13H17F2N3O3. The van der Waals surface area contributed by atoms with Crippen LogP contribution in [0.1, 0.15) is 32.3 Å². The first-order valence-corrected chi connectivity index (χ1v) is 6.41. The van der Waals surface area contributed by atoms with Crippen LogP contribution in [0.5, 0.6) is 0 Å². The number of nitrogens with one attached hydrogen (secondary N) is 2. The highest BCUT2D eigenvalue weighted by molar-refractivity contribution is 5.76. The number of rotatable bonds is 7. The van der Waals surface area contributed by atoms with Crippen molar-refractivity contribution in [3.8, 4) is 0 Å². The smallest absolute Gasteiger partial charge is 0.270 e. The first kappa shape index (κ1) is 16.8. The number of carbonyl (C=O) groups is 1. The molecule has 0 bridgehead atoms. The summed E-state index contributed by atoms with van der Waals surface area (Å²) in [5.74, 6) is -0.196. The molecule has 0 saturated heterocycles. The van der Waals surface area contributed by atoms with E-state index in [-0.39, 0.29) is 30.6 Å². The number of carbonyl (C=O) groups excluding carboxylic acids is 1. The van der Waals surface area contributed by atoms with Crippen LogP contribution in [-0.4, -0.2) is 23.4 Å². The number of non-ortho nitro benzene ring substituents is 1. The van der Waals surface area contributed by atoms with E-state index in [1.165, 1.54) is 6.07 Å². The fourth-order valence-corrected chi connectivity index (χ4v) is 1.71. The summed E-state index contributed by atoms with van der Waals surface area (Å²) in [6.07, 6.45) is -2.71. The largest absolute Gasteiger partial charge is 0.384 e. The molecule has 21 heavy (non-hydrogen) atoms. The van der Waals surface area contributed by atoms with Gasteiger partial charge in [-0.25, -0.2) is 8.78 Å². The van der Waals surface area contributed by atoms with Crippen molar-refractivity contribution in [2.75, 3.05) is 11.9 Å². The first-order chi connectivity index (χ1) is 9.81. The fourth-order valence-electron chi connectivity index (χ4n) is 1.71. The predicted molar refractivity (Wildman–Crippen MR) is 74.4 cm³/mol. The van der Waals surface area contributed by atoms with Gasteiger partial charge in [0.1, 0.15) is 0 Å². The SMILES string of the molecule is CC(C)NC(=O)CCNc1ccc([N+](=O)[O-])cc1C(F)F. The summed E-state index contributed by atoms with van der Waals surface area (Å²) >= 11 is 0. The molecule has 0 saturated carbocycles. The normalized spacial score (nSPS) is 10.8. The quantitative estimate of drug-likeness (QED) is 0.599. The summed E-state index contributed by atoms with van der Waals surface area (Å²) in [6.45, 7) is 3.79. The number of anilines is 1. The average molecular weight is 301 g/mol. The van der Waals surface area contributed by atoms with E-state index >= 15 is 0 Å². The summed E-state index contributed by atoms with van der Waals surface area (Å²) in [5.41, 5.74) is -0.755. The maximum Gasteiger partial charge on any atom is 0.270 e. The van der Waals surface area contributed by atoms with E-state index in [9.17, 15) is 23.7 Å². The van der Waals surface area contributed by atoms with E-state index in [2.05, 4.69) is 10.6 Å². The topological polar surface area (TPSA) is 84.3 Å². The number of nitro groups is 1. The van der Waals surface area contributed by atoms with Crippen LogP contribution in [0.4, 0.5) is 20.2 Å². The minimum Gasteiger partial charge on any atom is -0.384 e. The van der Waals surface area contributed by atoms with Gasteiger partial charge in [-0.05, 0) is 19.9 Å². The molecule has 0 aliphatic carbocycles. The standard InChI is InChI=1S/C13H17F2N3O3/c1-8(2)17-12(19)5-6-16-11-4-3-9(18(20)21)7-10(11)13(14)15/h3-4,7-8,13,16H,5-6H2,1-2H3,(H,17,19). The van der Waals surface area contributed by atoms with E-state index in [4.69, 9.17) is 0 Å². The van der Waals surface area contributed by atoms with E-state index in [1.54, 1.807) is 0 Å². The second-order valence-electron chi connectivity index (χ2n) is 4.73. The maximum atomic E-state index is 12.9. The van der Waals surface area contributed by atoms with Gasteiger partial charge in [0.15, 0.2) is 0 Å². The maximum absolute atomic E-state index is 12.9. The van der Waals surface area contributed by atoms with E-state index in [0.717, 1.165) is 12.1 Å². The molecule has 1 aromatic rings. The van der Waals surface area contributed by atoms with Crippen molar-refractivity contribution in [3.05, 3.63) is 33.9 Å². The van der Waals surface area contributed by atoms with Crippen molar-refractivity contribution in [2.24, 2.45) is 0 Å². The zero-order valence-electron chi connectivity index (χ0n) is 11.7. The lowest BCUT2D eigenvalue weighted by Gasteiger charge is -2.12. The van der Waals surface area contributed by atoms with Gasteiger partial charge in [-0.2, -0.15) is 0 Å². The van der Waals surface area contributed by atoms with Crippen LogP contribution in [0, 0.1) is 10.1 Å². The molecule has 1 aromatic carbocycles. The number of nitrogens with zero attached hydrogens (tertiary/aromatic N) is 1. The van der Waals surface area contributed by atoms with Crippen LogP contribution >= 0.6 is 0 Å². The zero-order valence-corrected chi connectivity index (χ0v) is 11.7. The van der Waals surface area contributed by atoms with Crippen LogP contribution in [0.25, 0.3) is 0 Å². The molecule has 0 aliphatic rings. The van der Waals surface area contributed by atoms with Gasteiger partial charge in [-0.15, -0.1) is 0 Å². The Hall–Kier alpha value is -2.25. The molecule has 1 amide bonds. The lowest BCUT2D eigenvalue weighted by molar-refractivity contribution is -0.385. The highest BCUT2D eigenvalue weighted by Crippen LogP contribution is 2.30. The summed E-state index contributed by atoms with van der Waals surface area (Å²) in [6, 6.07) is 3.21. The summed E-state index contributed by atoms with van der Waals surface area (Å²) < 4.78 is 25.8. The van der Waals surface area contributed by atoms with Gasteiger partial charge in [0, 0.05) is 42.4 Å². The molecule has 0 aliphatic heterocycles. The Morgan fingerprint density at radius 2 is 2.05 bits per heavy atom. The van der Waals surface area contributed by atoms with Crippen LogP contribution in [0.15, 0.2) is 18.2 Å². The molecule has 0 atom stereocenters. The van der Waals surface area contributed by atoms with Gasteiger partial charge >= 0.3 is 0 Å². The van der Waals surface area contributed by atoms with Crippen molar-refractivity contribution in [1.29, 1.82) is 0 Å². The lowest BCUT2D eigenvalue weighted by atomic mass is 10.1. The van der Waals surface area contributed by atoms with Gasteiger partial charge in [-0.3, -0.25) is 14.9 Å². The van der Waals surface area contributed by atoms with Gasteiger partial charge in [0.05, 0.1) is 4.92 Å². The summed E-state index contributed by atoms with van der Waals surface area (Å²) in [7, 11) is 0. The van der Waals surface area contributed by atoms with E-state index in [0.29, 0.717) is 0 Å².